The largest absolute Gasteiger partial charge is 0.493 e. The Balaban J connectivity index is 1.43. The molecule has 2 aromatic rings. The minimum atomic E-state index is -4.10. The fourth-order valence-corrected chi connectivity index (χ4v) is 9.70. The standard InChI is InChI=1S/C41H55F2N5O10S/c1-23-11-9-10-12-26-21-41(26,36(51)46-59(54,55)39(5)14-15-39)45-33(49)29-19-27(58-34-28-20-31(57-8)30(56-7)18-25(28)13-16-44-34)22-47(29)35(50)32(24(2)17-23)48(37(52)53)38(3,4)40(6,42)43/h10,12-13,16,18,20,23-24,26-27,29,32H,9,11,14-15,17,19,21-22H2,1-8H3,(H,45,49)(H,46,51)(H,52,53)/t23-,24+,26+,27+,29-,32-,41+/m0/s1. The lowest BCUT2D eigenvalue weighted by atomic mass is 9.84. The fraction of sp³-hybridized carbons (Fsp3) is 0.634. The molecule has 0 unspecified atom stereocenters. The second-order valence-corrected chi connectivity index (χ2v) is 19.7. The quantitative estimate of drug-likeness (QED) is 0.264. The SMILES string of the molecule is COc1cc2ccnc(O[C@@H]3C[C@H]4C(=O)N[C@]5(C(=O)NS(=O)(=O)C6(C)CC6)C[C@H]5C=CCC[C@H](C)C[C@@H](C)[C@H](N(C(=O)O)C(C)(C)C(C)(F)F)C(=O)N4C3)c2cc1OC. The van der Waals surface area contributed by atoms with Crippen molar-refractivity contribution in [1.82, 2.24) is 24.8 Å². The number of ether oxygens (including phenoxy) is 3. The van der Waals surface area contributed by atoms with E-state index in [0.29, 0.717) is 59.8 Å². The fourth-order valence-electron chi connectivity index (χ4n) is 8.38. The molecule has 324 valence electrons. The molecule has 0 spiro atoms. The highest BCUT2D eigenvalue weighted by molar-refractivity contribution is 7.91. The minimum Gasteiger partial charge on any atom is -0.493 e. The van der Waals surface area contributed by atoms with Crippen molar-refractivity contribution in [3.8, 4) is 17.4 Å². The normalized spacial score (nSPS) is 28.6. The number of nitrogens with zero attached hydrogens (tertiary/aromatic N) is 3. The number of methoxy groups -OCH3 is 2. The molecule has 3 fully saturated rings. The predicted molar refractivity (Wildman–Crippen MR) is 213 cm³/mol. The molecule has 15 nitrogen and oxygen atoms in total. The molecule has 6 rings (SSSR count). The Labute approximate surface area is 343 Å². The highest BCUT2D eigenvalue weighted by Gasteiger charge is 2.63. The maximum atomic E-state index is 15.4. The van der Waals surface area contributed by atoms with E-state index in [2.05, 4.69) is 15.0 Å². The lowest BCUT2D eigenvalue weighted by molar-refractivity contribution is -0.156. The molecule has 4 amide bonds. The Bertz CT molecular complexity index is 2140. The van der Waals surface area contributed by atoms with E-state index in [1.54, 1.807) is 31.2 Å². The second kappa shape index (κ2) is 15.7. The van der Waals surface area contributed by atoms with Gasteiger partial charge in [-0.1, -0.05) is 26.0 Å². The zero-order chi connectivity index (χ0) is 43.5. The van der Waals surface area contributed by atoms with Crippen molar-refractivity contribution in [2.45, 2.75) is 126 Å². The van der Waals surface area contributed by atoms with Crippen molar-refractivity contribution >= 4 is 44.6 Å². The molecule has 1 saturated heterocycles. The van der Waals surface area contributed by atoms with Crippen molar-refractivity contribution in [2.75, 3.05) is 20.8 Å². The van der Waals surface area contributed by atoms with Gasteiger partial charge in [0.1, 0.15) is 29.3 Å². The molecule has 0 bridgehead atoms. The van der Waals surface area contributed by atoms with Gasteiger partial charge in [-0.05, 0) is 94.7 Å². The third-order valence-electron chi connectivity index (χ3n) is 12.9. The number of benzene rings is 1. The average Bonchev–Trinajstić information content (AvgIpc) is 4.03. The van der Waals surface area contributed by atoms with Gasteiger partial charge >= 0.3 is 6.09 Å². The lowest BCUT2D eigenvalue weighted by Gasteiger charge is -2.47. The summed E-state index contributed by atoms with van der Waals surface area (Å²) in [5.41, 5.74) is -4.06. The average molecular weight is 848 g/mol. The number of hydrogen-bond acceptors (Lipinski definition) is 10. The number of nitrogens with one attached hydrogen (secondary N) is 2. The zero-order valence-electron chi connectivity index (χ0n) is 34.7. The van der Waals surface area contributed by atoms with E-state index in [4.69, 9.17) is 14.2 Å². The minimum absolute atomic E-state index is 0.0842. The molecule has 7 atom stereocenters. The Morgan fingerprint density at radius 1 is 1.08 bits per heavy atom. The topological polar surface area (TPSA) is 194 Å². The van der Waals surface area contributed by atoms with E-state index in [-0.39, 0.29) is 37.6 Å². The summed E-state index contributed by atoms with van der Waals surface area (Å²) in [6.07, 6.45) is 4.48. The highest BCUT2D eigenvalue weighted by Crippen LogP contribution is 2.48. The molecule has 4 aliphatic rings. The molecular formula is C41H55F2N5O10S. The van der Waals surface area contributed by atoms with Crippen molar-refractivity contribution < 1.29 is 55.7 Å². The number of fused-ring (bicyclic) bond motifs is 3. The van der Waals surface area contributed by atoms with Crippen LogP contribution in [-0.2, 0) is 24.4 Å². The first-order valence-corrected chi connectivity index (χ1v) is 21.4. The van der Waals surface area contributed by atoms with E-state index in [0.717, 1.165) is 18.7 Å². The number of carbonyl (C=O) groups is 4. The number of carbonyl (C=O) groups excluding carboxylic acids is 3. The molecule has 2 aliphatic carbocycles. The Kier molecular flexibility index (Phi) is 11.7. The van der Waals surface area contributed by atoms with Gasteiger partial charge in [0.15, 0.2) is 11.5 Å². The first-order valence-electron chi connectivity index (χ1n) is 19.9. The number of carboxylic acid groups (broad SMARTS) is 1. The van der Waals surface area contributed by atoms with Crippen LogP contribution in [-0.4, -0.2) is 113 Å². The number of alkyl halides is 2. The van der Waals surface area contributed by atoms with E-state index < -0.39 is 85.6 Å². The van der Waals surface area contributed by atoms with Gasteiger partial charge in [-0.2, -0.15) is 0 Å². The third kappa shape index (κ3) is 8.25. The van der Waals surface area contributed by atoms with Gasteiger partial charge in [0.25, 0.3) is 11.8 Å². The van der Waals surface area contributed by atoms with Crippen LogP contribution in [0.15, 0.2) is 36.5 Å². The number of pyridine rings is 1. The molecule has 2 saturated carbocycles. The maximum Gasteiger partial charge on any atom is 0.408 e. The van der Waals surface area contributed by atoms with Crippen molar-refractivity contribution in [3.05, 3.63) is 36.5 Å². The summed E-state index contributed by atoms with van der Waals surface area (Å²) in [5, 5.41) is 14.6. The van der Waals surface area contributed by atoms with Crippen LogP contribution in [0.1, 0.15) is 86.5 Å². The van der Waals surface area contributed by atoms with Gasteiger partial charge in [-0.25, -0.2) is 27.0 Å². The number of aromatic nitrogens is 1. The van der Waals surface area contributed by atoms with Crippen molar-refractivity contribution in [3.63, 3.8) is 0 Å². The van der Waals surface area contributed by atoms with Crippen molar-refractivity contribution in [1.29, 1.82) is 0 Å². The van der Waals surface area contributed by atoms with Crippen LogP contribution in [0.5, 0.6) is 17.4 Å². The van der Waals surface area contributed by atoms with Gasteiger partial charge in [0.05, 0.1) is 25.5 Å². The number of sulfonamides is 1. The second-order valence-electron chi connectivity index (χ2n) is 17.6. The Morgan fingerprint density at radius 2 is 1.75 bits per heavy atom. The summed E-state index contributed by atoms with van der Waals surface area (Å²) in [7, 11) is -1.14. The molecule has 2 aliphatic heterocycles. The zero-order valence-corrected chi connectivity index (χ0v) is 35.5. The van der Waals surface area contributed by atoms with Crippen LogP contribution >= 0.6 is 0 Å². The summed E-state index contributed by atoms with van der Waals surface area (Å²) in [5.74, 6) is -6.73. The monoisotopic (exact) mass is 847 g/mol. The molecule has 3 N–H and O–H groups in total. The van der Waals surface area contributed by atoms with Gasteiger partial charge < -0.3 is 29.5 Å². The molecule has 0 radical (unpaired) electrons. The number of allylic oxidation sites excluding steroid dienone is 1. The summed E-state index contributed by atoms with van der Waals surface area (Å²) < 4.78 is 75.7. The third-order valence-corrected chi connectivity index (χ3v) is 15.0. The van der Waals surface area contributed by atoms with Gasteiger partial charge in [-0.15, -0.1) is 0 Å². The Hall–Kier alpha value is -4.74. The Morgan fingerprint density at radius 3 is 2.36 bits per heavy atom. The number of amides is 4. The number of hydrogen-bond donors (Lipinski definition) is 3. The van der Waals surface area contributed by atoms with E-state index in [1.807, 2.05) is 13.0 Å². The molecule has 1 aromatic heterocycles. The molecule has 1 aromatic carbocycles. The summed E-state index contributed by atoms with van der Waals surface area (Å²) >= 11 is 0. The maximum absolute atomic E-state index is 15.4. The van der Waals surface area contributed by atoms with Crippen LogP contribution in [0.4, 0.5) is 13.6 Å². The van der Waals surface area contributed by atoms with E-state index in [1.165, 1.54) is 27.3 Å². The van der Waals surface area contributed by atoms with Gasteiger partial charge in [0.2, 0.25) is 27.7 Å². The van der Waals surface area contributed by atoms with Gasteiger partial charge in [-0.3, -0.25) is 24.0 Å². The number of halogens is 2. The lowest BCUT2D eigenvalue weighted by Crippen LogP contribution is -2.66. The van der Waals surface area contributed by atoms with Crippen LogP contribution in [0, 0.1) is 17.8 Å². The van der Waals surface area contributed by atoms with Crippen LogP contribution in [0.3, 0.4) is 0 Å². The summed E-state index contributed by atoms with van der Waals surface area (Å²) in [6.45, 7) is 7.53. The molecule has 3 heterocycles. The molecular weight excluding hydrogens is 793 g/mol. The van der Waals surface area contributed by atoms with Crippen molar-refractivity contribution in [2.24, 2.45) is 17.8 Å². The van der Waals surface area contributed by atoms with Crippen LogP contribution in [0.2, 0.25) is 0 Å². The highest BCUT2D eigenvalue weighted by atomic mass is 32.2. The first-order chi connectivity index (χ1) is 27.5. The first kappa shape index (κ1) is 43.8. The van der Waals surface area contributed by atoms with E-state index >= 15 is 13.6 Å². The smallest absolute Gasteiger partial charge is 0.408 e. The van der Waals surface area contributed by atoms with E-state index in [9.17, 15) is 27.9 Å². The van der Waals surface area contributed by atoms with Crippen LogP contribution in [0.25, 0.3) is 10.8 Å². The summed E-state index contributed by atoms with van der Waals surface area (Å²) in [6, 6.07) is 2.05. The van der Waals surface area contributed by atoms with Gasteiger partial charge in [0, 0.05) is 30.8 Å². The van der Waals surface area contributed by atoms with Crippen LogP contribution < -0.4 is 24.2 Å². The molecule has 18 heteroatoms. The predicted octanol–water partition coefficient (Wildman–Crippen LogP) is 5.27. The molecule has 59 heavy (non-hydrogen) atoms. The summed E-state index contributed by atoms with van der Waals surface area (Å²) in [4.78, 5) is 63.0. The number of rotatable bonds is 10.